The summed E-state index contributed by atoms with van der Waals surface area (Å²) in [7, 11) is 0. The topological polar surface area (TPSA) is 70.7 Å². The number of fused-ring (bicyclic) bond motifs is 1. The van der Waals surface area contributed by atoms with Gasteiger partial charge in [0.15, 0.2) is 5.13 Å². The van der Waals surface area contributed by atoms with Crippen LogP contribution in [0.3, 0.4) is 0 Å². The number of rotatable bonds is 7. The minimum absolute atomic E-state index is 0.0405. The molecule has 0 saturated heterocycles. The highest BCUT2D eigenvalue weighted by Gasteiger charge is 2.15. The number of halogens is 1. The molecule has 0 radical (unpaired) electrons. The van der Waals surface area contributed by atoms with Crippen LogP contribution < -0.4 is 5.32 Å². The highest BCUT2D eigenvalue weighted by molar-refractivity contribution is 7.14. The number of aromatic amines is 1. The van der Waals surface area contributed by atoms with E-state index in [-0.39, 0.29) is 5.91 Å². The van der Waals surface area contributed by atoms with E-state index in [2.05, 4.69) is 20.3 Å². The van der Waals surface area contributed by atoms with Gasteiger partial charge in [-0.15, -0.1) is 11.3 Å². The van der Waals surface area contributed by atoms with Crippen LogP contribution in [0.25, 0.3) is 33.5 Å². The SMILES string of the molecule is O=C(CCCc1c(-c2ccccn2)[nH]c2ccc(Cl)cc12)Nc1nc(-c2ccccc2)cs1. The molecule has 3 aromatic heterocycles. The fourth-order valence-electron chi connectivity index (χ4n) is 3.89. The largest absolute Gasteiger partial charge is 0.353 e. The van der Waals surface area contributed by atoms with Gasteiger partial charge in [0, 0.05) is 39.5 Å². The second kappa shape index (κ2) is 9.57. The van der Waals surface area contributed by atoms with Gasteiger partial charge in [-0.05, 0) is 48.7 Å². The van der Waals surface area contributed by atoms with Crippen LogP contribution in [0.2, 0.25) is 5.02 Å². The number of nitrogens with one attached hydrogen (secondary N) is 2. The summed E-state index contributed by atoms with van der Waals surface area (Å²) in [6, 6.07) is 21.6. The summed E-state index contributed by atoms with van der Waals surface area (Å²) in [5.41, 5.74) is 5.89. The third kappa shape index (κ3) is 4.82. The maximum Gasteiger partial charge on any atom is 0.226 e. The summed E-state index contributed by atoms with van der Waals surface area (Å²) in [6.45, 7) is 0. The molecular weight excluding hydrogens is 452 g/mol. The molecule has 0 aliphatic rings. The van der Waals surface area contributed by atoms with Crippen molar-refractivity contribution in [1.82, 2.24) is 15.0 Å². The molecule has 0 fully saturated rings. The zero-order valence-corrected chi connectivity index (χ0v) is 19.3. The van der Waals surface area contributed by atoms with Gasteiger partial charge in [-0.3, -0.25) is 9.78 Å². The number of H-pyrrole nitrogens is 1. The van der Waals surface area contributed by atoms with Gasteiger partial charge in [-0.1, -0.05) is 48.0 Å². The Hall–Kier alpha value is -3.48. The minimum atomic E-state index is -0.0405. The van der Waals surface area contributed by atoms with Gasteiger partial charge >= 0.3 is 0 Å². The van der Waals surface area contributed by atoms with E-state index < -0.39 is 0 Å². The van der Waals surface area contributed by atoms with Crippen molar-refractivity contribution < 1.29 is 4.79 Å². The Labute approximate surface area is 200 Å². The molecule has 164 valence electrons. The van der Waals surface area contributed by atoms with Gasteiger partial charge in [0.2, 0.25) is 5.91 Å². The standard InChI is InChI=1S/C26H21ClN4OS/c27-18-12-13-21-20(15-18)19(25(29-21)22-10-4-5-14-28-22)9-6-11-24(32)31-26-30-23(16-33-26)17-7-2-1-3-8-17/h1-5,7-8,10,12-16,29H,6,9,11H2,(H,30,31,32). The molecular formula is C26H21ClN4OS. The van der Waals surface area contributed by atoms with Crippen LogP contribution in [0.4, 0.5) is 5.13 Å². The van der Waals surface area contributed by atoms with Crippen LogP contribution in [-0.4, -0.2) is 20.9 Å². The number of amides is 1. The number of hydrogen-bond donors (Lipinski definition) is 2. The third-order valence-corrected chi connectivity index (χ3v) is 6.43. The number of thiazole rings is 1. The van der Waals surface area contributed by atoms with Crippen molar-refractivity contribution in [3.05, 3.63) is 88.9 Å². The molecule has 0 aliphatic carbocycles. The lowest BCUT2D eigenvalue weighted by Crippen LogP contribution is -2.11. The van der Waals surface area contributed by atoms with Crippen LogP contribution in [0.1, 0.15) is 18.4 Å². The molecule has 0 atom stereocenters. The Morgan fingerprint density at radius 1 is 1.03 bits per heavy atom. The first kappa shape index (κ1) is 21.4. The third-order valence-electron chi connectivity index (χ3n) is 5.44. The molecule has 2 aromatic carbocycles. The summed E-state index contributed by atoms with van der Waals surface area (Å²) in [5, 5.41) is 7.26. The minimum Gasteiger partial charge on any atom is -0.353 e. The summed E-state index contributed by atoms with van der Waals surface area (Å²) in [4.78, 5) is 25.1. The fourth-order valence-corrected chi connectivity index (χ4v) is 4.80. The number of pyridine rings is 1. The van der Waals surface area contributed by atoms with Crippen molar-refractivity contribution in [2.24, 2.45) is 0 Å². The van der Waals surface area contributed by atoms with E-state index in [1.165, 1.54) is 11.3 Å². The Balaban J connectivity index is 1.28. The maximum atomic E-state index is 12.6. The van der Waals surface area contributed by atoms with E-state index in [9.17, 15) is 4.79 Å². The van der Waals surface area contributed by atoms with Crippen LogP contribution >= 0.6 is 22.9 Å². The fraction of sp³-hybridized carbons (Fsp3) is 0.115. The molecule has 33 heavy (non-hydrogen) atoms. The van der Waals surface area contributed by atoms with Gasteiger partial charge in [0.05, 0.1) is 17.1 Å². The van der Waals surface area contributed by atoms with Gasteiger partial charge in [-0.25, -0.2) is 4.98 Å². The Bertz CT molecular complexity index is 1400. The highest BCUT2D eigenvalue weighted by atomic mass is 35.5. The molecule has 5 nitrogen and oxygen atoms in total. The van der Waals surface area contributed by atoms with Gasteiger partial charge in [-0.2, -0.15) is 0 Å². The zero-order valence-electron chi connectivity index (χ0n) is 17.7. The summed E-state index contributed by atoms with van der Waals surface area (Å²) in [6.07, 6.45) is 3.60. The van der Waals surface area contributed by atoms with Gasteiger partial charge < -0.3 is 10.3 Å². The normalized spacial score (nSPS) is 11.1. The van der Waals surface area contributed by atoms with Crippen LogP contribution in [0, 0.1) is 0 Å². The van der Waals surface area contributed by atoms with E-state index in [1.54, 1.807) is 6.20 Å². The monoisotopic (exact) mass is 472 g/mol. The summed E-state index contributed by atoms with van der Waals surface area (Å²) >= 11 is 7.70. The lowest BCUT2D eigenvalue weighted by Gasteiger charge is -2.05. The lowest BCUT2D eigenvalue weighted by atomic mass is 10.0. The molecule has 5 rings (SSSR count). The molecule has 7 heteroatoms. The number of hydrogen-bond acceptors (Lipinski definition) is 4. The maximum absolute atomic E-state index is 12.6. The van der Waals surface area contributed by atoms with Gasteiger partial charge in [0.25, 0.3) is 0 Å². The predicted molar refractivity (Wildman–Crippen MR) is 136 cm³/mol. The number of nitrogens with zero attached hydrogens (tertiary/aromatic N) is 2. The van der Waals surface area contributed by atoms with Crippen LogP contribution in [0.5, 0.6) is 0 Å². The van der Waals surface area contributed by atoms with Crippen molar-refractivity contribution >= 4 is 44.9 Å². The van der Waals surface area contributed by atoms with E-state index in [0.717, 1.165) is 45.5 Å². The van der Waals surface area contributed by atoms with Crippen molar-refractivity contribution in [3.8, 4) is 22.6 Å². The van der Waals surface area contributed by atoms with Gasteiger partial charge in [0.1, 0.15) is 0 Å². The molecule has 0 aliphatic heterocycles. The molecule has 5 aromatic rings. The highest BCUT2D eigenvalue weighted by Crippen LogP contribution is 2.32. The molecule has 0 unspecified atom stereocenters. The van der Waals surface area contributed by atoms with E-state index in [0.29, 0.717) is 23.0 Å². The molecule has 2 N–H and O–H groups in total. The average molecular weight is 473 g/mol. The first-order valence-corrected chi connectivity index (χ1v) is 12.0. The quantitative estimate of drug-likeness (QED) is 0.268. The number of aromatic nitrogens is 3. The molecule has 0 saturated carbocycles. The van der Waals surface area contributed by atoms with Crippen molar-refractivity contribution in [2.45, 2.75) is 19.3 Å². The first-order chi connectivity index (χ1) is 16.2. The van der Waals surface area contributed by atoms with E-state index in [1.807, 2.05) is 72.1 Å². The van der Waals surface area contributed by atoms with Crippen LogP contribution in [0.15, 0.2) is 78.3 Å². The van der Waals surface area contributed by atoms with Crippen molar-refractivity contribution in [3.63, 3.8) is 0 Å². The Morgan fingerprint density at radius 3 is 2.70 bits per heavy atom. The molecule has 3 heterocycles. The number of carbonyl (C=O) groups excluding carboxylic acids is 1. The Kier molecular flexibility index (Phi) is 6.19. The Morgan fingerprint density at radius 2 is 1.88 bits per heavy atom. The predicted octanol–water partition coefficient (Wildman–Crippen LogP) is 6.97. The number of anilines is 1. The molecule has 0 spiro atoms. The van der Waals surface area contributed by atoms with E-state index >= 15 is 0 Å². The first-order valence-electron chi connectivity index (χ1n) is 10.7. The van der Waals surface area contributed by atoms with Crippen molar-refractivity contribution in [2.75, 3.05) is 5.32 Å². The van der Waals surface area contributed by atoms with E-state index in [4.69, 9.17) is 11.6 Å². The molecule has 1 amide bonds. The second-order valence-corrected chi connectivity index (χ2v) is 8.98. The lowest BCUT2D eigenvalue weighted by molar-refractivity contribution is -0.116. The van der Waals surface area contributed by atoms with Crippen molar-refractivity contribution in [1.29, 1.82) is 0 Å². The smallest absolute Gasteiger partial charge is 0.226 e. The average Bonchev–Trinajstić information content (AvgIpc) is 3.45. The number of benzene rings is 2. The summed E-state index contributed by atoms with van der Waals surface area (Å²) in [5.74, 6) is -0.0405. The number of carbonyl (C=O) groups is 1. The summed E-state index contributed by atoms with van der Waals surface area (Å²) < 4.78 is 0. The zero-order chi connectivity index (χ0) is 22.6. The van der Waals surface area contributed by atoms with Crippen LogP contribution in [-0.2, 0) is 11.2 Å². The number of aryl methyl sites for hydroxylation is 1. The molecule has 0 bridgehead atoms. The second-order valence-electron chi connectivity index (χ2n) is 7.69.